The van der Waals surface area contributed by atoms with Gasteiger partial charge < -0.3 is 9.64 Å². The Kier molecular flexibility index (Phi) is 4.76. The van der Waals surface area contributed by atoms with Crippen LogP contribution < -0.4 is 4.90 Å². The predicted molar refractivity (Wildman–Crippen MR) is 91.7 cm³/mol. The van der Waals surface area contributed by atoms with Gasteiger partial charge in [0, 0.05) is 16.2 Å². The minimum atomic E-state index is -0.299. The number of rotatable bonds is 3. The average Bonchev–Trinajstić information content (AvgIpc) is 2.42. The van der Waals surface area contributed by atoms with Crippen molar-refractivity contribution in [1.82, 2.24) is 0 Å². The number of fused-ring (bicyclic) bond motifs is 1. The lowest BCUT2D eigenvalue weighted by Gasteiger charge is -2.51. The second kappa shape index (κ2) is 6.11. The molecule has 1 aromatic rings. The van der Waals surface area contributed by atoms with Crippen LogP contribution in [0.3, 0.4) is 0 Å². The van der Waals surface area contributed by atoms with Gasteiger partial charge in [-0.15, -0.1) is 0 Å². The Balaban J connectivity index is 2.61. The van der Waals surface area contributed by atoms with Gasteiger partial charge in [0.15, 0.2) is 0 Å². The molecule has 4 heteroatoms. The van der Waals surface area contributed by atoms with Gasteiger partial charge in [0.05, 0.1) is 7.11 Å². The van der Waals surface area contributed by atoms with Crippen molar-refractivity contribution < 1.29 is 9.53 Å². The third-order valence-corrected chi connectivity index (χ3v) is 4.83. The molecule has 1 heterocycles. The smallest absolute Gasteiger partial charge is 0.328 e. The first kappa shape index (κ1) is 17.1. The maximum absolute atomic E-state index is 12.4. The van der Waals surface area contributed by atoms with Gasteiger partial charge in [0.1, 0.15) is 6.04 Å². The summed E-state index contributed by atoms with van der Waals surface area (Å²) >= 11 is 6.18. The fraction of sp³-hybridized carbons (Fsp3) is 0.611. The molecular weight excluding hydrogens is 298 g/mol. The minimum Gasteiger partial charge on any atom is -0.467 e. The lowest BCUT2D eigenvalue weighted by Crippen LogP contribution is -2.58. The number of carbonyl (C=O) groups excluding carboxylic acids is 1. The van der Waals surface area contributed by atoms with Crippen LogP contribution in [0.1, 0.15) is 52.5 Å². The molecule has 22 heavy (non-hydrogen) atoms. The first-order chi connectivity index (χ1) is 10.2. The Morgan fingerprint density at radius 1 is 1.41 bits per heavy atom. The molecule has 2 rings (SSSR count). The molecule has 122 valence electrons. The Labute approximate surface area is 138 Å². The van der Waals surface area contributed by atoms with E-state index in [4.69, 9.17) is 16.3 Å². The van der Waals surface area contributed by atoms with E-state index >= 15 is 0 Å². The lowest BCUT2D eigenvalue weighted by atomic mass is 9.78. The summed E-state index contributed by atoms with van der Waals surface area (Å²) in [7, 11) is 1.46. The number of ether oxygens (including phenoxy) is 1. The van der Waals surface area contributed by atoms with E-state index in [1.54, 1.807) is 0 Å². The summed E-state index contributed by atoms with van der Waals surface area (Å²) in [5, 5.41) is 0.740. The van der Waals surface area contributed by atoms with Crippen molar-refractivity contribution in [1.29, 1.82) is 0 Å². The number of anilines is 1. The predicted octanol–water partition coefficient (Wildman–Crippen LogP) is 4.63. The zero-order chi connectivity index (χ0) is 16.7. The van der Waals surface area contributed by atoms with Gasteiger partial charge >= 0.3 is 5.97 Å². The molecule has 0 radical (unpaired) electrons. The first-order valence-corrected chi connectivity index (χ1v) is 8.23. The van der Waals surface area contributed by atoms with Gasteiger partial charge in [0.2, 0.25) is 0 Å². The molecule has 2 unspecified atom stereocenters. The van der Waals surface area contributed by atoms with Crippen LogP contribution in [-0.2, 0) is 9.53 Å². The SMILES string of the molecule is COC(=O)C(C(C)C)N1c2ccc(Cl)cc2C(C)CC1(C)C. The van der Waals surface area contributed by atoms with E-state index in [-0.39, 0.29) is 23.5 Å². The molecule has 0 N–H and O–H groups in total. The molecule has 0 aliphatic carbocycles. The number of benzene rings is 1. The highest BCUT2D eigenvalue weighted by Gasteiger charge is 2.44. The molecule has 3 nitrogen and oxygen atoms in total. The van der Waals surface area contributed by atoms with Gasteiger partial charge in [-0.3, -0.25) is 0 Å². The van der Waals surface area contributed by atoms with Crippen LogP contribution in [0.4, 0.5) is 5.69 Å². The fourth-order valence-corrected chi connectivity index (χ4v) is 3.93. The van der Waals surface area contributed by atoms with Gasteiger partial charge in [-0.2, -0.15) is 0 Å². The van der Waals surface area contributed by atoms with E-state index in [0.29, 0.717) is 5.92 Å². The third-order valence-electron chi connectivity index (χ3n) is 4.59. The molecule has 1 aliphatic heterocycles. The summed E-state index contributed by atoms with van der Waals surface area (Å²) < 4.78 is 5.08. The van der Waals surface area contributed by atoms with Crippen molar-refractivity contribution in [2.75, 3.05) is 12.0 Å². The molecule has 1 aliphatic rings. The second-order valence-electron chi connectivity index (χ2n) is 7.20. The molecule has 0 bridgehead atoms. The highest BCUT2D eigenvalue weighted by atomic mass is 35.5. The lowest BCUT2D eigenvalue weighted by molar-refractivity contribution is -0.143. The van der Waals surface area contributed by atoms with E-state index in [2.05, 4.69) is 39.5 Å². The number of nitrogens with zero attached hydrogens (tertiary/aromatic N) is 1. The number of carbonyl (C=O) groups is 1. The largest absolute Gasteiger partial charge is 0.467 e. The average molecular weight is 324 g/mol. The molecular formula is C18H26ClNO2. The van der Waals surface area contributed by atoms with Crippen molar-refractivity contribution in [3.63, 3.8) is 0 Å². The van der Waals surface area contributed by atoms with Crippen molar-refractivity contribution in [2.45, 2.75) is 58.5 Å². The number of halogens is 1. The van der Waals surface area contributed by atoms with Crippen molar-refractivity contribution >= 4 is 23.3 Å². The van der Waals surface area contributed by atoms with Crippen LogP contribution in [-0.4, -0.2) is 24.7 Å². The number of hydrogen-bond donors (Lipinski definition) is 0. The summed E-state index contributed by atoms with van der Waals surface area (Å²) in [6.45, 7) is 10.7. The summed E-state index contributed by atoms with van der Waals surface area (Å²) in [5.41, 5.74) is 2.18. The molecule has 0 spiro atoms. The molecule has 0 amide bonds. The van der Waals surface area contributed by atoms with Crippen molar-refractivity contribution in [3.05, 3.63) is 28.8 Å². The monoisotopic (exact) mass is 323 g/mol. The maximum Gasteiger partial charge on any atom is 0.328 e. The number of methoxy groups -OCH3 is 1. The van der Waals surface area contributed by atoms with Crippen molar-refractivity contribution in [2.24, 2.45) is 5.92 Å². The first-order valence-electron chi connectivity index (χ1n) is 7.85. The van der Waals surface area contributed by atoms with E-state index in [0.717, 1.165) is 17.1 Å². The third kappa shape index (κ3) is 2.96. The summed E-state index contributed by atoms with van der Waals surface area (Å²) in [6.07, 6.45) is 0.973. The van der Waals surface area contributed by atoms with Crippen molar-refractivity contribution in [3.8, 4) is 0 Å². The molecule has 0 fully saturated rings. The summed E-state index contributed by atoms with van der Waals surface area (Å²) in [5.74, 6) is 0.382. The zero-order valence-corrected chi connectivity index (χ0v) is 15.1. The van der Waals surface area contributed by atoms with Crippen LogP contribution in [0.25, 0.3) is 0 Å². The molecule has 2 atom stereocenters. The van der Waals surface area contributed by atoms with Gasteiger partial charge in [-0.05, 0) is 55.9 Å². The van der Waals surface area contributed by atoms with Crippen LogP contribution in [0, 0.1) is 5.92 Å². The standard InChI is InChI=1S/C18H26ClNO2/c1-11(2)16(17(21)22-6)20-15-8-7-13(19)9-14(15)12(3)10-18(20,4)5/h7-9,11-12,16H,10H2,1-6H3. The Morgan fingerprint density at radius 2 is 2.05 bits per heavy atom. The molecule has 0 saturated heterocycles. The van der Waals surface area contributed by atoms with Crippen LogP contribution in [0.2, 0.25) is 5.02 Å². The van der Waals surface area contributed by atoms with Gasteiger partial charge in [-0.25, -0.2) is 4.79 Å². The normalized spacial score (nSPS) is 21.5. The van der Waals surface area contributed by atoms with E-state index < -0.39 is 0 Å². The molecule has 0 aromatic heterocycles. The van der Waals surface area contributed by atoms with Crippen LogP contribution >= 0.6 is 11.6 Å². The highest BCUT2D eigenvalue weighted by Crippen LogP contribution is 2.46. The van der Waals surface area contributed by atoms with E-state index in [9.17, 15) is 4.79 Å². The van der Waals surface area contributed by atoms with E-state index in [1.807, 2.05) is 18.2 Å². The summed E-state index contributed by atoms with van der Waals surface area (Å²) in [4.78, 5) is 14.6. The highest BCUT2D eigenvalue weighted by molar-refractivity contribution is 6.30. The number of esters is 1. The van der Waals surface area contributed by atoms with Gasteiger partial charge in [0.25, 0.3) is 0 Å². The van der Waals surface area contributed by atoms with Crippen LogP contribution in [0.5, 0.6) is 0 Å². The molecule has 0 saturated carbocycles. The van der Waals surface area contributed by atoms with E-state index in [1.165, 1.54) is 12.7 Å². The molecule has 1 aromatic carbocycles. The fourth-order valence-electron chi connectivity index (χ4n) is 3.75. The Bertz CT molecular complexity index is 568. The summed E-state index contributed by atoms with van der Waals surface area (Å²) in [6, 6.07) is 5.66. The maximum atomic E-state index is 12.4. The zero-order valence-electron chi connectivity index (χ0n) is 14.3. The quantitative estimate of drug-likeness (QED) is 0.759. The number of hydrogen-bond acceptors (Lipinski definition) is 3. The topological polar surface area (TPSA) is 29.5 Å². The second-order valence-corrected chi connectivity index (χ2v) is 7.64. The minimum absolute atomic E-state index is 0.122. The Morgan fingerprint density at radius 3 is 2.59 bits per heavy atom. The van der Waals surface area contributed by atoms with Crippen LogP contribution in [0.15, 0.2) is 18.2 Å². The Hall–Kier alpha value is -1.22. The van der Waals surface area contributed by atoms with Gasteiger partial charge in [-0.1, -0.05) is 32.4 Å².